The van der Waals surface area contributed by atoms with Crippen LogP contribution in [0.5, 0.6) is 0 Å². The first-order valence-electron chi connectivity index (χ1n) is 12.7. The van der Waals surface area contributed by atoms with Gasteiger partial charge in [0.1, 0.15) is 17.6 Å². The molecule has 8 atom stereocenters. The van der Waals surface area contributed by atoms with E-state index in [1.54, 1.807) is 13.0 Å². The molecule has 188 valence electrons. The van der Waals surface area contributed by atoms with Crippen LogP contribution >= 0.6 is 0 Å². The number of carbonyl (C=O) groups excluding carboxylic acids is 3. The van der Waals surface area contributed by atoms with E-state index in [2.05, 4.69) is 26.0 Å². The van der Waals surface area contributed by atoms with E-state index in [1.807, 2.05) is 13.8 Å². The van der Waals surface area contributed by atoms with Crippen molar-refractivity contribution in [3.8, 4) is 0 Å². The minimum atomic E-state index is -0.911. The van der Waals surface area contributed by atoms with Gasteiger partial charge in [0.15, 0.2) is 0 Å². The minimum Gasteiger partial charge on any atom is -0.468 e. The second kappa shape index (κ2) is 8.23. The molecule has 0 radical (unpaired) electrons. The molecular weight excluding hydrogens is 432 g/mol. The molecular formula is C28H40O6. The van der Waals surface area contributed by atoms with E-state index >= 15 is 0 Å². The largest absolute Gasteiger partial charge is 0.468 e. The van der Waals surface area contributed by atoms with Crippen molar-refractivity contribution < 1.29 is 28.6 Å². The molecule has 0 aromatic carbocycles. The Morgan fingerprint density at radius 1 is 0.912 bits per heavy atom. The summed E-state index contributed by atoms with van der Waals surface area (Å²) in [5.41, 5.74) is -0.876. The van der Waals surface area contributed by atoms with Gasteiger partial charge in [-0.3, -0.25) is 9.59 Å². The van der Waals surface area contributed by atoms with Gasteiger partial charge in [-0.25, -0.2) is 4.79 Å². The zero-order chi connectivity index (χ0) is 25.1. The highest BCUT2D eigenvalue weighted by Gasteiger charge is 2.71. The van der Waals surface area contributed by atoms with Crippen LogP contribution in [0.15, 0.2) is 23.8 Å². The van der Waals surface area contributed by atoms with E-state index in [-0.39, 0.29) is 52.1 Å². The normalized spacial score (nSPS) is 45.1. The Labute approximate surface area is 203 Å². The zero-order valence-corrected chi connectivity index (χ0v) is 21.7. The number of ether oxygens (including phenoxy) is 3. The number of fused-ring (bicyclic) bond motifs is 3. The van der Waals surface area contributed by atoms with Gasteiger partial charge in [0, 0.05) is 23.3 Å². The number of allylic oxidation sites excluding steroid dienone is 1. The lowest BCUT2D eigenvalue weighted by Crippen LogP contribution is -2.66. The van der Waals surface area contributed by atoms with Gasteiger partial charge < -0.3 is 14.2 Å². The summed E-state index contributed by atoms with van der Waals surface area (Å²) >= 11 is 0. The molecule has 0 aromatic heterocycles. The van der Waals surface area contributed by atoms with Gasteiger partial charge in [0.25, 0.3) is 0 Å². The molecule has 0 unspecified atom stereocenters. The quantitative estimate of drug-likeness (QED) is 0.243. The maximum absolute atomic E-state index is 13.3. The first-order valence-corrected chi connectivity index (χ1v) is 12.7. The number of esters is 3. The average Bonchev–Trinajstić information content (AvgIpc) is 2.95. The number of methoxy groups -OCH3 is 1. The third-order valence-corrected chi connectivity index (χ3v) is 10.2. The predicted octanol–water partition coefficient (Wildman–Crippen LogP) is 5.16. The highest BCUT2D eigenvalue weighted by molar-refractivity contribution is 5.88. The van der Waals surface area contributed by atoms with Crippen molar-refractivity contribution in [1.82, 2.24) is 0 Å². The van der Waals surface area contributed by atoms with Crippen LogP contribution < -0.4 is 0 Å². The lowest BCUT2D eigenvalue weighted by molar-refractivity contribution is -0.229. The first-order chi connectivity index (χ1) is 15.9. The number of hydrogen-bond acceptors (Lipinski definition) is 6. The fraction of sp³-hybridized carbons (Fsp3) is 0.750. The Balaban J connectivity index is 1.75. The summed E-state index contributed by atoms with van der Waals surface area (Å²) in [6, 6.07) is 0. The molecule has 0 amide bonds. The Bertz CT molecular complexity index is 951. The van der Waals surface area contributed by atoms with E-state index < -0.39 is 11.5 Å². The standard InChI is InChI=1S/C28H40O6/c1-8-17(2)22(30)34-23-25(4)12-9-20-26(5)13-11-21(33-18(3)29)27(6,24(31)32-7)19(26)10-14-28(20,23)16-15-25/h8,15-16,19-21,23H,9-14H2,1-7H3/b17-8+/t19-,20+,21+,23-,25+,26+,27-,28+/m0/s1. The minimum absolute atomic E-state index is 0.00755. The summed E-state index contributed by atoms with van der Waals surface area (Å²) < 4.78 is 17.3. The van der Waals surface area contributed by atoms with E-state index in [4.69, 9.17) is 14.2 Å². The smallest absolute Gasteiger partial charge is 0.333 e. The molecule has 0 saturated heterocycles. The van der Waals surface area contributed by atoms with Crippen molar-refractivity contribution >= 4 is 17.9 Å². The van der Waals surface area contributed by atoms with Gasteiger partial charge in [-0.2, -0.15) is 0 Å². The van der Waals surface area contributed by atoms with Gasteiger partial charge in [-0.1, -0.05) is 32.1 Å². The fourth-order valence-corrected chi connectivity index (χ4v) is 8.41. The molecule has 0 heterocycles. The van der Waals surface area contributed by atoms with Crippen molar-refractivity contribution in [3.05, 3.63) is 23.8 Å². The number of carbonyl (C=O) groups is 3. The first kappa shape index (κ1) is 25.0. The maximum Gasteiger partial charge on any atom is 0.333 e. The molecule has 34 heavy (non-hydrogen) atoms. The summed E-state index contributed by atoms with van der Waals surface area (Å²) in [5, 5.41) is 0. The summed E-state index contributed by atoms with van der Waals surface area (Å²) in [4.78, 5) is 38.1. The fourth-order valence-electron chi connectivity index (χ4n) is 8.41. The van der Waals surface area contributed by atoms with Crippen LogP contribution in [0.25, 0.3) is 0 Å². The van der Waals surface area contributed by atoms with E-state index in [1.165, 1.54) is 14.0 Å². The molecule has 4 aliphatic rings. The van der Waals surface area contributed by atoms with Gasteiger partial charge in [0.2, 0.25) is 0 Å². The highest BCUT2D eigenvalue weighted by atomic mass is 16.6. The Hall–Kier alpha value is -2.11. The van der Waals surface area contributed by atoms with E-state index in [0.717, 1.165) is 32.1 Å². The predicted molar refractivity (Wildman–Crippen MR) is 127 cm³/mol. The van der Waals surface area contributed by atoms with Crippen LogP contribution in [0, 0.1) is 33.5 Å². The molecule has 3 fully saturated rings. The zero-order valence-electron chi connectivity index (χ0n) is 21.7. The average molecular weight is 473 g/mol. The number of rotatable bonds is 4. The highest BCUT2D eigenvalue weighted by Crippen LogP contribution is 2.72. The Kier molecular flexibility index (Phi) is 6.05. The SMILES string of the molecule is C/C=C(\C)C(=O)O[C@@H]1[C@]23C=C[C@@]1(C)CC[C@@H]2[C@]1(C)CC[C@@H](OC(C)=O)[C@@](C)(C(=O)OC)[C@H]1CC3. The molecule has 6 nitrogen and oxygen atoms in total. The lowest BCUT2D eigenvalue weighted by Gasteiger charge is -2.66. The van der Waals surface area contributed by atoms with Crippen LogP contribution in [0.1, 0.15) is 80.1 Å². The molecule has 6 heteroatoms. The van der Waals surface area contributed by atoms with Gasteiger partial charge in [-0.15, -0.1) is 0 Å². The second-order valence-electron chi connectivity index (χ2n) is 11.8. The van der Waals surface area contributed by atoms with Crippen LogP contribution in [0.2, 0.25) is 0 Å². The molecule has 4 rings (SSSR count). The molecule has 2 bridgehead atoms. The lowest BCUT2D eigenvalue weighted by atomic mass is 9.39. The monoisotopic (exact) mass is 472 g/mol. The van der Waals surface area contributed by atoms with Crippen LogP contribution in [-0.2, 0) is 28.6 Å². The molecule has 3 saturated carbocycles. The summed E-state index contributed by atoms with van der Waals surface area (Å²) in [6.07, 6.45) is 10.8. The van der Waals surface area contributed by atoms with Crippen LogP contribution in [-0.4, -0.2) is 37.2 Å². The molecule has 4 aliphatic carbocycles. The van der Waals surface area contributed by atoms with E-state index in [9.17, 15) is 14.4 Å². The van der Waals surface area contributed by atoms with Crippen LogP contribution in [0.4, 0.5) is 0 Å². The van der Waals surface area contributed by atoms with Crippen molar-refractivity contribution in [3.63, 3.8) is 0 Å². The molecule has 0 aromatic rings. The maximum atomic E-state index is 13.3. The topological polar surface area (TPSA) is 78.9 Å². The van der Waals surface area contributed by atoms with Crippen molar-refractivity contribution in [1.29, 1.82) is 0 Å². The molecule has 0 aliphatic heterocycles. The molecule has 1 spiro atoms. The third-order valence-electron chi connectivity index (χ3n) is 10.2. The number of hydrogen-bond donors (Lipinski definition) is 0. The van der Waals surface area contributed by atoms with Crippen LogP contribution in [0.3, 0.4) is 0 Å². The Morgan fingerprint density at radius 2 is 1.59 bits per heavy atom. The van der Waals surface area contributed by atoms with Gasteiger partial charge in [-0.05, 0) is 76.5 Å². The third kappa shape index (κ3) is 3.30. The summed E-state index contributed by atoms with van der Waals surface area (Å²) in [5.74, 6) is -0.646. The van der Waals surface area contributed by atoms with Crippen molar-refractivity contribution in [2.24, 2.45) is 33.5 Å². The van der Waals surface area contributed by atoms with Crippen molar-refractivity contribution in [2.75, 3.05) is 7.11 Å². The van der Waals surface area contributed by atoms with Gasteiger partial charge in [0.05, 0.1) is 7.11 Å². The van der Waals surface area contributed by atoms with Crippen molar-refractivity contribution in [2.45, 2.75) is 92.3 Å². The van der Waals surface area contributed by atoms with Gasteiger partial charge >= 0.3 is 17.9 Å². The summed E-state index contributed by atoms with van der Waals surface area (Å²) in [6.45, 7) is 11.5. The Morgan fingerprint density at radius 3 is 2.21 bits per heavy atom. The second-order valence-corrected chi connectivity index (χ2v) is 11.8. The van der Waals surface area contributed by atoms with E-state index in [0.29, 0.717) is 12.0 Å². The molecule has 0 N–H and O–H groups in total. The summed E-state index contributed by atoms with van der Waals surface area (Å²) in [7, 11) is 1.42.